The van der Waals surface area contributed by atoms with Crippen LogP contribution in [0.3, 0.4) is 0 Å². The Morgan fingerprint density at radius 2 is 0.781 bits per heavy atom. The maximum Gasteiger partial charge on any atom is 0.303 e. The monoisotopic (exact) mass is 452 g/mol. The van der Waals surface area contributed by atoms with Gasteiger partial charge in [0.15, 0.2) is 0 Å². The Morgan fingerprint density at radius 1 is 0.469 bits per heavy atom. The fourth-order valence-electron chi connectivity index (χ4n) is 5.23. The number of hydrogen-bond acceptors (Lipinski definition) is 1. The Hall–Kier alpha value is -0.530. The molecule has 0 saturated carbocycles. The minimum Gasteiger partial charge on any atom is -0.481 e. The number of carbonyl (C=O) groups is 1. The largest absolute Gasteiger partial charge is 0.481 e. The van der Waals surface area contributed by atoms with Crippen LogP contribution in [0.4, 0.5) is 0 Å². The van der Waals surface area contributed by atoms with Crippen molar-refractivity contribution >= 4 is 5.97 Å². The summed E-state index contributed by atoms with van der Waals surface area (Å²) < 4.78 is 0. The van der Waals surface area contributed by atoms with Gasteiger partial charge in [-0.3, -0.25) is 4.79 Å². The predicted molar refractivity (Wildman–Crippen MR) is 142 cm³/mol. The molecule has 0 aliphatic carbocycles. The van der Waals surface area contributed by atoms with Gasteiger partial charge in [-0.2, -0.15) is 0 Å². The predicted octanol–water partition coefficient (Wildman–Crippen LogP) is 10.7. The van der Waals surface area contributed by atoms with E-state index in [1.54, 1.807) is 0 Å². The minimum absolute atomic E-state index is 0.382. The van der Waals surface area contributed by atoms with Crippen molar-refractivity contribution < 1.29 is 9.90 Å². The number of aliphatic carboxylic acids is 1. The molecule has 32 heavy (non-hydrogen) atoms. The lowest BCUT2D eigenvalue weighted by molar-refractivity contribution is -0.138. The van der Waals surface area contributed by atoms with Crippen molar-refractivity contribution in [3.8, 4) is 0 Å². The third-order valence-electron chi connectivity index (χ3n) is 7.39. The molecule has 0 aromatic heterocycles. The number of rotatable bonds is 26. The van der Waals surface area contributed by atoms with E-state index in [0.717, 1.165) is 6.42 Å². The van der Waals surface area contributed by atoms with Crippen LogP contribution >= 0.6 is 0 Å². The van der Waals surface area contributed by atoms with Crippen molar-refractivity contribution in [3.05, 3.63) is 0 Å². The van der Waals surface area contributed by atoms with Crippen LogP contribution in [0.25, 0.3) is 0 Å². The zero-order valence-corrected chi connectivity index (χ0v) is 22.5. The number of carboxylic acid groups (broad SMARTS) is 1. The first-order valence-corrected chi connectivity index (χ1v) is 14.9. The zero-order chi connectivity index (χ0) is 23.7. The lowest BCUT2D eigenvalue weighted by atomic mass is 9.79. The SMILES string of the molecule is CCCCCCCCCCCCCCCCCCC(CCCC)C(CCCC)CC(=O)O. The topological polar surface area (TPSA) is 37.3 Å². The Labute approximate surface area is 202 Å². The molecule has 0 heterocycles. The molecule has 2 heteroatoms. The first-order chi connectivity index (χ1) is 15.7. The van der Waals surface area contributed by atoms with E-state index >= 15 is 0 Å². The highest BCUT2D eigenvalue weighted by molar-refractivity contribution is 5.67. The van der Waals surface area contributed by atoms with Gasteiger partial charge in [0.2, 0.25) is 0 Å². The average Bonchev–Trinajstić information content (AvgIpc) is 2.78. The highest BCUT2D eigenvalue weighted by Gasteiger charge is 2.22. The van der Waals surface area contributed by atoms with Crippen LogP contribution in [0.15, 0.2) is 0 Å². The van der Waals surface area contributed by atoms with Gasteiger partial charge < -0.3 is 5.11 Å². The molecule has 0 bridgehead atoms. The molecule has 0 saturated heterocycles. The van der Waals surface area contributed by atoms with Crippen molar-refractivity contribution in [2.24, 2.45) is 11.8 Å². The van der Waals surface area contributed by atoms with Crippen LogP contribution in [0.2, 0.25) is 0 Å². The summed E-state index contributed by atoms with van der Waals surface area (Å²) in [6, 6.07) is 0. The van der Waals surface area contributed by atoms with Gasteiger partial charge in [-0.15, -0.1) is 0 Å². The van der Waals surface area contributed by atoms with E-state index in [4.69, 9.17) is 0 Å². The summed E-state index contributed by atoms with van der Waals surface area (Å²) in [6.45, 7) is 6.76. The molecule has 0 aromatic carbocycles. The van der Waals surface area contributed by atoms with Crippen molar-refractivity contribution in [1.82, 2.24) is 0 Å². The van der Waals surface area contributed by atoms with E-state index in [-0.39, 0.29) is 0 Å². The molecule has 0 spiro atoms. The molecule has 2 nitrogen and oxygen atoms in total. The van der Waals surface area contributed by atoms with Gasteiger partial charge in [0.1, 0.15) is 0 Å². The first-order valence-electron chi connectivity index (χ1n) is 14.9. The summed E-state index contributed by atoms with van der Waals surface area (Å²) in [7, 11) is 0. The fourth-order valence-corrected chi connectivity index (χ4v) is 5.23. The van der Waals surface area contributed by atoms with Crippen LogP contribution in [-0.2, 0) is 4.79 Å². The summed E-state index contributed by atoms with van der Waals surface area (Å²) in [5.41, 5.74) is 0. The highest BCUT2D eigenvalue weighted by Crippen LogP contribution is 2.31. The molecular weight excluding hydrogens is 392 g/mol. The van der Waals surface area contributed by atoms with Crippen molar-refractivity contribution in [2.45, 2.75) is 175 Å². The van der Waals surface area contributed by atoms with Gasteiger partial charge in [-0.05, 0) is 18.3 Å². The summed E-state index contributed by atoms with van der Waals surface area (Å²) in [4.78, 5) is 11.4. The Bertz CT molecular complexity index is 379. The van der Waals surface area contributed by atoms with Crippen LogP contribution in [0.1, 0.15) is 175 Å². The number of hydrogen-bond donors (Lipinski definition) is 1. The van der Waals surface area contributed by atoms with Gasteiger partial charge in [0, 0.05) is 6.42 Å². The summed E-state index contributed by atoms with van der Waals surface area (Å²) in [6.07, 6.45) is 31.4. The Balaban J connectivity index is 3.74. The van der Waals surface area contributed by atoms with Crippen LogP contribution < -0.4 is 0 Å². The standard InChI is InChI=1S/C30H60O2/c1-4-7-10-11-12-13-14-15-16-17-18-19-20-21-22-23-26-28(24-8-5-2)29(25-9-6-3)27-30(31)32/h28-29H,4-27H2,1-3H3,(H,31,32). The molecule has 0 rings (SSSR count). The van der Waals surface area contributed by atoms with Crippen LogP contribution in [0.5, 0.6) is 0 Å². The smallest absolute Gasteiger partial charge is 0.303 e. The van der Waals surface area contributed by atoms with E-state index in [2.05, 4.69) is 20.8 Å². The number of carboxylic acids is 1. The van der Waals surface area contributed by atoms with Crippen molar-refractivity contribution in [1.29, 1.82) is 0 Å². The maximum absolute atomic E-state index is 11.4. The highest BCUT2D eigenvalue weighted by atomic mass is 16.4. The van der Waals surface area contributed by atoms with E-state index in [9.17, 15) is 9.90 Å². The molecule has 0 aromatic rings. The molecule has 0 aliphatic heterocycles. The van der Waals surface area contributed by atoms with Gasteiger partial charge in [-0.1, -0.05) is 162 Å². The second kappa shape index (κ2) is 25.1. The van der Waals surface area contributed by atoms with E-state index in [1.807, 2.05) is 0 Å². The summed E-state index contributed by atoms with van der Waals surface area (Å²) in [5.74, 6) is 0.430. The third kappa shape index (κ3) is 21.3. The summed E-state index contributed by atoms with van der Waals surface area (Å²) >= 11 is 0. The second-order valence-corrected chi connectivity index (χ2v) is 10.5. The van der Waals surface area contributed by atoms with Gasteiger partial charge in [0.05, 0.1) is 0 Å². The molecule has 0 amide bonds. The van der Waals surface area contributed by atoms with Gasteiger partial charge in [0.25, 0.3) is 0 Å². The van der Waals surface area contributed by atoms with E-state index in [0.29, 0.717) is 18.3 Å². The third-order valence-corrected chi connectivity index (χ3v) is 7.39. The zero-order valence-electron chi connectivity index (χ0n) is 22.5. The van der Waals surface area contributed by atoms with E-state index in [1.165, 1.54) is 141 Å². The molecule has 0 aliphatic rings. The number of unbranched alkanes of at least 4 members (excludes halogenated alkanes) is 17. The quantitative estimate of drug-likeness (QED) is 0.132. The molecule has 2 unspecified atom stereocenters. The molecular formula is C30H60O2. The Kier molecular flexibility index (Phi) is 24.7. The Morgan fingerprint density at radius 3 is 1.16 bits per heavy atom. The molecule has 2 atom stereocenters. The first kappa shape index (κ1) is 31.5. The van der Waals surface area contributed by atoms with Crippen LogP contribution in [0, 0.1) is 11.8 Å². The normalized spacial score (nSPS) is 13.3. The minimum atomic E-state index is -0.598. The molecule has 1 N–H and O–H groups in total. The average molecular weight is 453 g/mol. The van der Waals surface area contributed by atoms with Crippen LogP contribution in [-0.4, -0.2) is 11.1 Å². The molecule has 0 radical (unpaired) electrons. The van der Waals surface area contributed by atoms with Crippen molar-refractivity contribution in [3.63, 3.8) is 0 Å². The van der Waals surface area contributed by atoms with E-state index < -0.39 is 5.97 Å². The lowest BCUT2D eigenvalue weighted by Gasteiger charge is -2.26. The fraction of sp³-hybridized carbons (Fsp3) is 0.967. The molecule has 0 fully saturated rings. The maximum atomic E-state index is 11.4. The lowest BCUT2D eigenvalue weighted by Crippen LogP contribution is -2.19. The second-order valence-electron chi connectivity index (χ2n) is 10.5. The van der Waals surface area contributed by atoms with Crippen molar-refractivity contribution in [2.75, 3.05) is 0 Å². The van der Waals surface area contributed by atoms with Gasteiger partial charge in [-0.25, -0.2) is 0 Å². The summed E-state index contributed by atoms with van der Waals surface area (Å²) in [5, 5.41) is 9.37. The van der Waals surface area contributed by atoms with Gasteiger partial charge >= 0.3 is 5.97 Å². The molecule has 192 valence electrons.